The van der Waals surface area contributed by atoms with E-state index in [1.165, 1.54) is 44.3 Å². The fraction of sp³-hybridized carbons (Fsp3) is 0.160. The van der Waals surface area contributed by atoms with Crippen LogP contribution in [-0.2, 0) is 0 Å². The third-order valence-electron chi connectivity index (χ3n) is 5.00. The maximum atomic E-state index is 4.99. The van der Waals surface area contributed by atoms with E-state index in [0.717, 1.165) is 11.2 Å². The lowest BCUT2D eigenvalue weighted by Gasteiger charge is -2.13. The molecule has 0 saturated heterocycles. The van der Waals surface area contributed by atoms with Crippen molar-refractivity contribution in [2.75, 3.05) is 0 Å². The molecule has 0 bridgehead atoms. The molecule has 4 aromatic rings. The molecule has 0 aliphatic heterocycles. The number of hydrogen-bond donors (Lipinski definition) is 0. The van der Waals surface area contributed by atoms with E-state index in [2.05, 4.69) is 94.4 Å². The van der Waals surface area contributed by atoms with Crippen LogP contribution in [0.3, 0.4) is 0 Å². The summed E-state index contributed by atoms with van der Waals surface area (Å²) in [6.07, 6.45) is 0. The van der Waals surface area contributed by atoms with Gasteiger partial charge in [-0.2, -0.15) is 0 Å². The summed E-state index contributed by atoms with van der Waals surface area (Å²) < 4.78 is 0. The standard InChI is InChI=1S/C25H23N/c1-16-6-10-20(11-7-16)22-15-25(21-13-17(2)5-9-19(21)4)26-24-12-8-18(3)14-23(22)24/h5-15H,1-4H3. The number of aryl methyl sites for hydroxylation is 4. The molecule has 0 spiro atoms. The van der Waals surface area contributed by atoms with Crippen LogP contribution in [0.1, 0.15) is 22.3 Å². The Bertz CT molecular complexity index is 1100. The van der Waals surface area contributed by atoms with Crippen LogP contribution in [-0.4, -0.2) is 4.98 Å². The average molecular weight is 337 g/mol. The van der Waals surface area contributed by atoms with Gasteiger partial charge in [-0.15, -0.1) is 0 Å². The van der Waals surface area contributed by atoms with E-state index >= 15 is 0 Å². The fourth-order valence-corrected chi connectivity index (χ4v) is 3.46. The van der Waals surface area contributed by atoms with Gasteiger partial charge in [-0.25, -0.2) is 4.98 Å². The van der Waals surface area contributed by atoms with Crippen LogP contribution in [0.15, 0.2) is 66.7 Å². The summed E-state index contributed by atoms with van der Waals surface area (Å²) in [5, 5.41) is 1.21. The number of nitrogens with zero attached hydrogens (tertiary/aromatic N) is 1. The molecule has 4 rings (SSSR count). The predicted molar refractivity (Wildman–Crippen MR) is 112 cm³/mol. The maximum Gasteiger partial charge on any atom is 0.0718 e. The first-order valence-corrected chi connectivity index (χ1v) is 9.07. The smallest absolute Gasteiger partial charge is 0.0718 e. The van der Waals surface area contributed by atoms with E-state index in [4.69, 9.17) is 4.98 Å². The third kappa shape index (κ3) is 3.01. The highest BCUT2D eigenvalue weighted by Gasteiger charge is 2.11. The molecule has 0 saturated carbocycles. The molecule has 1 nitrogen and oxygen atoms in total. The quantitative estimate of drug-likeness (QED) is 0.392. The largest absolute Gasteiger partial charge is 0.248 e. The molecule has 0 N–H and O–H groups in total. The minimum absolute atomic E-state index is 1.04. The van der Waals surface area contributed by atoms with Gasteiger partial charge in [-0.05, 0) is 68.7 Å². The third-order valence-corrected chi connectivity index (χ3v) is 5.00. The molecule has 1 heteroatoms. The zero-order valence-corrected chi connectivity index (χ0v) is 15.8. The monoisotopic (exact) mass is 337 g/mol. The summed E-state index contributed by atoms with van der Waals surface area (Å²) in [7, 11) is 0. The summed E-state index contributed by atoms with van der Waals surface area (Å²) in [6, 6.07) is 24.1. The first kappa shape index (κ1) is 16.5. The van der Waals surface area contributed by atoms with Crippen LogP contribution in [0.2, 0.25) is 0 Å². The summed E-state index contributed by atoms with van der Waals surface area (Å²) in [5.74, 6) is 0. The summed E-state index contributed by atoms with van der Waals surface area (Å²) in [6.45, 7) is 8.55. The van der Waals surface area contributed by atoms with Crippen molar-refractivity contribution < 1.29 is 0 Å². The van der Waals surface area contributed by atoms with Gasteiger partial charge in [0.1, 0.15) is 0 Å². The Kier molecular flexibility index (Phi) is 4.08. The number of rotatable bonds is 2. The Morgan fingerprint density at radius 3 is 2.00 bits per heavy atom. The Morgan fingerprint density at radius 2 is 1.23 bits per heavy atom. The predicted octanol–water partition coefficient (Wildman–Crippen LogP) is 6.80. The normalized spacial score (nSPS) is 11.1. The number of fused-ring (bicyclic) bond motifs is 1. The molecule has 0 radical (unpaired) electrons. The molecule has 26 heavy (non-hydrogen) atoms. The molecule has 1 aromatic heterocycles. The lowest BCUT2D eigenvalue weighted by atomic mass is 9.95. The van der Waals surface area contributed by atoms with E-state index in [9.17, 15) is 0 Å². The van der Waals surface area contributed by atoms with E-state index in [-0.39, 0.29) is 0 Å². The number of hydrogen-bond acceptors (Lipinski definition) is 1. The van der Waals surface area contributed by atoms with Gasteiger partial charge < -0.3 is 0 Å². The zero-order valence-electron chi connectivity index (χ0n) is 15.8. The highest BCUT2D eigenvalue weighted by Crippen LogP contribution is 2.34. The lowest BCUT2D eigenvalue weighted by Crippen LogP contribution is -1.93. The maximum absolute atomic E-state index is 4.99. The topological polar surface area (TPSA) is 12.9 Å². The molecular weight excluding hydrogens is 314 g/mol. The first-order valence-electron chi connectivity index (χ1n) is 9.07. The molecule has 0 unspecified atom stereocenters. The van der Waals surface area contributed by atoms with Gasteiger partial charge in [-0.3, -0.25) is 0 Å². The summed E-state index contributed by atoms with van der Waals surface area (Å²) in [4.78, 5) is 4.99. The van der Waals surface area contributed by atoms with Gasteiger partial charge in [0.25, 0.3) is 0 Å². The van der Waals surface area contributed by atoms with Crippen molar-refractivity contribution in [1.29, 1.82) is 0 Å². The summed E-state index contributed by atoms with van der Waals surface area (Å²) in [5.41, 5.74) is 10.8. The van der Waals surface area contributed by atoms with Gasteiger partial charge in [-0.1, -0.05) is 59.2 Å². The molecule has 0 atom stereocenters. The van der Waals surface area contributed by atoms with Crippen molar-refractivity contribution in [1.82, 2.24) is 4.98 Å². The van der Waals surface area contributed by atoms with Crippen LogP contribution in [0.4, 0.5) is 0 Å². The second-order valence-electron chi connectivity index (χ2n) is 7.26. The molecule has 0 aliphatic carbocycles. The SMILES string of the molecule is Cc1ccc(-c2cc(-c3cc(C)ccc3C)nc3ccc(C)cc23)cc1. The second kappa shape index (κ2) is 6.42. The van der Waals surface area contributed by atoms with Gasteiger partial charge in [0.05, 0.1) is 11.2 Å². The van der Waals surface area contributed by atoms with Gasteiger partial charge in [0.2, 0.25) is 0 Å². The zero-order chi connectivity index (χ0) is 18.3. The minimum atomic E-state index is 1.04. The molecule has 0 fully saturated rings. The summed E-state index contributed by atoms with van der Waals surface area (Å²) >= 11 is 0. The molecule has 0 amide bonds. The average Bonchev–Trinajstić information content (AvgIpc) is 2.64. The molecule has 3 aromatic carbocycles. The van der Waals surface area contributed by atoms with Gasteiger partial charge in [0.15, 0.2) is 0 Å². The fourth-order valence-electron chi connectivity index (χ4n) is 3.46. The Labute approximate surface area is 155 Å². The molecule has 128 valence electrons. The van der Waals surface area contributed by atoms with E-state index in [0.29, 0.717) is 0 Å². The van der Waals surface area contributed by atoms with Gasteiger partial charge >= 0.3 is 0 Å². The van der Waals surface area contributed by atoms with Crippen molar-refractivity contribution in [3.63, 3.8) is 0 Å². The Hall–Kier alpha value is -2.93. The lowest BCUT2D eigenvalue weighted by molar-refractivity contribution is 1.33. The van der Waals surface area contributed by atoms with Crippen LogP contribution < -0.4 is 0 Å². The number of benzene rings is 3. The number of aromatic nitrogens is 1. The molecule has 1 heterocycles. The number of pyridine rings is 1. The van der Waals surface area contributed by atoms with Crippen LogP contribution in [0.25, 0.3) is 33.3 Å². The molecule has 0 aliphatic rings. The van der Waals surface area contributed by atoms with Crippen molar-refractivity contribution in [3.8, 4) is 22.4 Å². The van der Waals surface area contributed by atoms with Crippen LogP contribution in [0, 0.1) is 27.7 Å². The van der Waals surface area contributed by atoms with E-state index in [1.807, 2.05) is 0 Å². The first-order chi connectivity index (χ1) is 12.5. The van der Waals surface area contributed by atoms with Crippen molar-refractivity contribution >= 4 is 10.9 Å². The van der Waals surface area contributed by atoms with Crippen molar-refractivity contribution in [2.45, 2.75) is 27.7 Å². The highest BCUT2D eigenvalue weighted by atomic mass is 14.7. The minimum Gasteiger partial charge on any atom is -0.248 e. The second-order valence-corrected chi connectivity index (χ2v) is 7.26. The van der Waals surface area contributed by atoms with Crippen molar-refractivity contribution in [3.05, 3.63) is 89.0 Å². The van der Waals surface area contributed by atoms with Crippen LogP contribution in [0.5, 0.6) is 0 Å². The van der Waals surface area contributed by atoms with E-state index in [1.54, 1.807) is 0 Å². The molecular formula is C25H23N. The Morgan fingerprint density at radius 1 is 0.577 bits per heavy atom. The van der Waals surface area contributed by atoms with Gasteiger partial charge in [0, 0.05) is 10.9 Å². The Balaban J connectivity index is 2.03. The van der Waals surface area contributed by atoms with Crippen LogP contribution >= 0.6 is 0 Å². The highest BCUT2D eigenvalue weighted by molar-refractivity contribution is 5.97. The van der Waals surface area contributed by atoms with E-state index < -0.39 is 0 Å². The van der Waals surface area contributed by atoms with Crippen molar-refractivity contribution in [2.24, 2.45) is 0 Å².